The van der Waals surface area contributed by atoms with E-state index < -0.39 is 0 Å². The Morgan fingerprint density at radius 2 is 2.12 bits per heavy atom. The van der Waals surface area contributed by atoms with E-state index in [0.717, 1.165) is 36.4 Å². The number of hydrogen-bond donors (Lipinski definition) is 2. The summed E-state index contributed by atoms with van der Waals surface area (Å²) in [5.74, 6) is 0.822. The largest absolute Gasteiger partial charge is 0.497 e. The predicted molar refractivity (Wildman–Crippen MR) is 69.5 cm³/mol. The smallest absolute Gasteiger partial charge is 0.121 e. The van der Waals surface area contributed by atoms with E-state index in [2.05, 4.69) is 5.32 Å². The minimum Gasteiger partial charge on any atom is -0.497 e. The number of methoxy groups -OCH3 is 2. The minimum atomic E-state index is 0.374. The van der Waals surface area contributed by atoms with Gasteiger partial charge in [0.1, 0.15) is 5.75 Å². The van der Waals surface area contributed by atoms with E-state index in [1.807, 2.05) is 18.2 Å². The maximum Gasteiger partial charge on any atom is 0.121 e. The molecule has 0 spiro atoms. The van der Waals surface area contributed by atoms with Gasteiger partial charge in [-0.1, -0.05) is 0 Å². The number of hydrogen-bond acceptors (Lipinski definition) is 4. The third-order valence-electron chi connectivity index (χ3n) is 3.34. The molecule has 0 aromatic heterocycles. The van der Waals surface area contributed by atoms with Crippen molar-refractivity contribution in [3.05, 3.63) is 18.2 Å². The van der Waals surface area contributed by atoms with Gasteiger partial charge in [0.05, 0.1) is 24.6 Å². The van der Waals surface area contributed by atoms with Crippen molar-refractivity contribution in [2.45, 2.75) is 31.4 Å². The van der Waals surface area contributed by atoms with Crippen molar-refractivity contribution < 1.29 is 9.47 Å². The fraction of sp³-hybridized carbons (Fsp3) is 0.538. The molecule has 1 aliphatic rings. The van der Waals surface area contributed by atoms with Crippen molar-refractivity contribution in [2.24, 2.45) is 0 Å². The van der Waals surface area contributed by atoms with Gasteiger partial charge in [-0.15, -0.1) is 0 Å². The highest BCUT2D eigenvalue weighted by Gasteiger charge is 2.24. The summed E-state index contributed by atoms with van der Waals surface area (Å²) in [6, 6.07) is 6.11. The Kier molecular flexibility index (Phi) is 3.74. The van der Waals surface area contributed by atoms with Crippen LogP contribution in [0, 0.1) is 0 Å². The van der Waals surface area contributed by atoms with E-state index in [-0.39, 0.29) is 0 Å². The Labute approximate surface area is 102 Å². The molecule has 1 saturated carbocycles. The quantitative estimate of drug-likeness (QED) is 0.787. The fourth-order valence-corrected chi connectivity index (χ4v) is 2.29. The lowest BCUT2D eigenvalue weighted by atomic mass is 10.2. The van der Waals surface area contributed by atoms with E-state index in [1.165, 1.54) is 0 Å². The summed E-state index contributed by atoms with van der Waals surface area (Å²) < 4.78 is 10.6. The van der Waals surface area contributed by atoms with Gasteiger partial charge < -0.3 is 20.5 Å². The first kappa shape index (κ1) is 12.0. The molecule has 94 valence electrons. The van der Waals surface area contributed by atoms with E-state index >= 15 is 0 Å². The highest BCUT2D eigenvalue weighted by atomic mass is 16.5. The van der Waals surface area contributed by atoms with Crippen LogP contribution in [0.5, 0.6) is 5.75 Å². The van der Waals surface area contributed by atoms with Crippen LogP contribution in [0.25, 0.3) is 0 Å². The Hall–Kier alpha value is -1.42. The summed E-state index contributed by atoms with van der Waals surface area (Å²) in [5, 5.41) is 3.46. The molecule has 0 bridgehead atoms. The maximum absolute atomic E-state index is 5.94. The van der Waals surface area contributed by atoms with Gasteiger partial charge in [0.15, 0.2) is 0 Å². The molecule has 0 radical (unpaired) electrons. The molecule has 2 unspecified atom stereocenters. The number of nitrogens with two attached hydrogens (primary N) is 1. The lowest BCUT2D eigenvalue weighted by molar-refractivity contribution is 0.108. The molecular formula is C13H20N2O2. The van der Waals surface area contributed by atoms with E-state index in [0.29, 0.717) is 12.1 Å². The Bertz CT molecular complexity index is 382. The summed E-state index contributed by atoms with van der Waals surface area (Å²) in [6.07, 6.45) is 3.64. The Balaban J connectivity index is 2.03. The maximum atomic E-state index is 5.94. The van der Waals surface area contributed by atoms with E-state index in [9.17, 15) is 0 Å². The number of benzene rings is 1. The number of anilines is 2. The summed E-state index contributed by atoms with van der Waals surface area (Å²) >= 11 is 0. The summed E-state index contributed by atoms with van der Waals surface area (Å²) in [7, 11) is 3.43. The molecule has 2 atom stereocenters. The molecule has 1 aromatic rings. The second-order valence-electron chi connectivity index (χ2n) is 4.47. The zero-order valence-corrected chi connectivity index (χ0v) is 10.4. The first-order valence-electron chi connectivity index (χ1n) is 5.95. The molecule has 1 fully saturated rings. The first-order valence-corrected chi connectivity index (χ1v) is 5.95. The van der Waals surface area contributed by atoms with Crippen molar-refractivity contribution >= 4 is 11.4 Å². The van der Waals surface area contributed by atoms with Crippen LogP contribution < -0.4 is 15.8 Å². The minimum absolute atomic E-state index is 0.374. The van der Waals surface area contributed by atoms with Gasteiger partial charge in [0.2, 0.25) is 0 Å². The molecule has 0 heterocycles. The zero-order chi connectivity index (χ0) is 12.3. The average Bonchev–Trinajstić information content (AvgIpc) is 2.80. The molecule has 2 rings (SSSR count). The molecule has 0 saturated heterocycles. The van der Waals surface area contributed by atoms with Crippen LogP contribution in [0.3, 0.4) is 0 Å². The third-order valence-corrected chi connectivity index (χ3v) is 3.34. The SMILES string of the molecule is COc1ccc(N)c(NC2CCC(OC)C2)c1. The van der Waals surface area contributed by atoms with Crippen LogP contribution in [0.2, 0.25) is 0 Å². The number of ether oxygens (including phenoxy) is 2. The van der Waals surface area contributed by atoms with Crippen molar-refractivity contribution in [1.82, 2.24) is 0 Å². The average molecular weight is 236 g/mol. The van der Waals surface area contributed by atoms with Crippen molar-refractivity contribution in [1.29, 1.82) is 0 Å². The van der Waals surface area contributed by atoms with Crippen LogP contribution in [-0.2, 0) is 4.74 Å². The van der Waals surface area contributed by atoms with Gasteiger partial charge in [0.25, 0.3) is 0 Å². The van der Waals surface area contributed by atoms with Gasteiger partial charge in [-0.2, -0.15) is 0 Å². The van der Waals surface area contributed by atoms with Gasteiger partial charge in [-0.3, -0.25) is 0 Å². The Morgan fingerprint density at radius 3 is 2.76 bits per heavy atom. The monoisotopic (exact) mass is 236 g/mol. The second-order valence-corrected chi connectivity index (χ2v) is 4.47. The molecule has 3 N–H and O–H groups in total. The lowest BCUT2D eigenvalue weighted by Gasteiger charge is -2.16. The van der Waals surface area contributed by atoms with Crippen LogP contribution in [0.15, 0.2) is 18.2 Å². The highest BCUT2D eigenvalue weighted by Crippen LogP contribution is 2.29. The van der Waals surface area contributed by atoms with Gasteiger partial charge in [-0.25, -0.2) is 0 Å². The van der Waals surface area contributed by atoms with Crippen LogP contribution in [0.4, 0.5) is 11.4 Å². The van der Waals surface area contributed by atoms with Gasteiger partial charge >= 0.3 is 0 Å². The number of nitrogens with one attached hydrogen (secondary N) is 1. The molecule has 1 aliphatic carbocycles. The van der Waals surface area contributed by atoms with Crippen molar-refractivity contribution in [3.8, 4) is 5.75 Å². The normalized spacial score (nSPS) is 23.6. The zero-order valence-electron chi connectivity index (χ0n) is 10.4. The summed E-state index contributed by atoms with van der Waals surface area (Å²) in [5.41, 5.74) is 7.65. The molecule has 4 heteroatoms. The van der Waals surface area contributed by atoms with E-state index in [1.54, 1.807) is 14.2 Å². The van der Waals surface area contributed by atoms with Crippen LogP contribution >= 0.6 is 0 Å². The molecule has 0 aliphatic heterocycles. The molecular weight excluding hydrogens is 216 g/mol. The predicted octanol–water partition coefficient (Wildman–Crippen LogP) is 2.26. The van der Waals surface area contributed by atoms with Gasteiger partial charge in [0, 0.05) is 19.2 Å². The lowest BCUT2D eigenvalue weighted by Crippen LogP contribution is -2.18. The molecule has 4 nitrogen and oxygen atoms in total. The molecule has 0 amide bonds. The summed E-state index contributed by atoms with van der Waals surface area (Å²) in [6.45, 7) is 0. The van der Waals surface area contributed by atoms with Crippen molar-refractivity contribution in [2.75, 3.05) is 25.3 Å². The van der Waals surface area contributed by atoms with Crippen LogP contribution in [0.1, 0.15) is 19.3 Å². The first-order chi connectivity index (χ1) is 8.22. The molecule has 17 heavy (non-hydrogen) atoms. The molecule has 1 aromatic carbocycles. The Morgan fingerprint density at radius 1 is 1.29 bits per heavy atom. The van der Waals surface area contributed by atoms with E-state index in [4.69, 9.17) is 15.2 Å². The topological polar surface area (TPSA) is 56.5 Å². The fourth-order valence-electron chi connectivity index (χ4n) is 2.29. The summed E-state index contributed by atoms with van der Waals surface area (Å²) in [4.78, 5) is 0. The van der Waals surface area contributed by atoms with Crippen molar-refractivity contribution in [3.63, 3.8) is 0 Å². The number of nitrogen functional groups attached to an aromatic ring is 1. The second kappa shape index (κ2) is 5.27. The highest BCUT2D eigenvalue weighted by molar-refractivity contribution is 5.68. The number of rotatable bonds is 4. The standard InChI is InChI=1S/C13H20N2O2/c1-16-10-4-3-9(7-10)15-13-8-11(17-2)5-6-12(13)14/h5-6,8-10,15H,3-4,7,14H2,1-2H3. The third kappa shape index (κ3) is 2.82. The van der Waals surface area contributed by atoms with Crippen LogP contribution in [-0.4, -0.2) is 26.4 Å². The van der Waals surface area contributed by atoms with Gasteiger partial charge in [-0.05, 0) is 31.4 Å².